The van der Waals surface area contributed by atoms with Crippen LogP contribution in [0.2, 0.25) is 0 Å². The van der Waals surface area contributed by atoms with Crippen molar-refractivity contribution in [1.82, 2.24) is 16.0 Å². The van der Waals surface area contributed by atoms with Crippen LogP contribution in [0.1, 0.15) is 23.6 Å². The van der Waals surface area contributed by atoms with Gasteiger partial charge in [-0.05, 0) is 23.6 Å². The molecular formula is C20H25N3O3. The average molecular weight is 355 g/mol. The minimum atomic E-state index is -0.373. The fourth-order valence-electron chi connectivity index (χ4n) is 2.36. The Balaban J connectivity index is 1.72. The van der Waals surface area contributed by atoms with Crippen LogP contribution in [0.4, 0.5) is 4.79 Å². The molecule has 2 aromatic carbocycles. The molecule has 0 saturated heterocycles. The van der Waals surface area contributed by atoms with Crippen LogP contribution in [0.15, 0.2) is 54.6 Å². The number of carbonyl (C=O) groups is 2. The van der Waals surface area contributed by atoms with Crippen LogP contribution in [0.25, 0.3) is 0 Å². The van der Waals surface area contributed by atoms with Crippen molar-refractivity contribution in [2.75, 3.05) is 13.1 Å². The van der Waals surface area contributed by atoms with Gasteiger partial charge in [0.1, 0.15) is 0 Å². The van der Waals surface area contributed by atoms with E-state index in [4.69, 9.17) is 4.74 Å². The zero-order valence-corrected chi connectivity index (χ0v) is 15.0. The predicted molar refractivity (Wildman–Crippen MR) is 100 cm³/mol. The van der Waals surface area contributed by atoms with Crippen molar-refractivity contribution in [3.63, 3.8) is 0 Å². The van der Waals surface area contributed by atoms with Gasteiger partial charge in [-0.25, -0.2) is 4.79 Å². The molecule has 26 heavy (non-hydrogen) atoms. The van der Waals surface area contributed by atoms with Crippen LogP contribution in [-0.2, 0) is 29.3 Å². The smallest absolute Gasteiger partial charge is 0.315 e. The van der Waals surface area contributed by atoms with Gasteiger partial charge in [-0.3, -0.25) is 4.79 Å². The summed E-state index contributed by atoms with van der Waals surface area (Å²) in [6.45, 7) is 3.79. The first-order valence-electron chi connectivity index (χ1n) is 8.65. The number of likely N-dealkylation sites (N-methyl/N-ethyl adjacent to an activating group) is 1. The third-order valence-electron chi connectivity index (χ3n) is 3.61. The Morgan fingerprint density at radius 2 is 1.54 bits per heavy atom. The summed E-state index contributed by atoms with van der Waals surface area (Å²) >= 11 is 0. The molecule has 0 fully saturated rings. The fraction of sp³-hybridized carbons (Fsp3) is 0.300. The number of benzene rings is 2. The van der Waals surface area contributed by atoms with Gasteiger partial charge in [-0.1, -0.05) is 54.6 Å². The molecule has 0 spiro atoms. The second-order valence-electron chi connectivity index (χ2n) is 5.79. The summed E-state index contributed by atoms with van der Waals surface area (Å²) in [4.78, 5) is 23.0. The van der Waals surface area contributed by atoms with E-state index in [1.54, 1.807) is 0 Å². The Labute approximate surface area is 153 Å². The van der Waals surface area contributed by atoms with Crippen molar-refractivity contribution < 1.29 is 14.3 Å². The molecular weight excluding hydrogens is 330 g/mol. The molecule has 3 amide bonds. The number of rotatable bonds is 9. The van der Waals surface area contributed by atoms with Gasteiger partial charge >= 0.3 is 6.03 Å². The Morgan fingerprint density at radius 1 is 0.846 bits per heavy atom. The second-order valence-corrected chi connectivity index (χ2v) is 5.79. The van der Waals surface area contributed by atoms with E-state index in [9.17, 15) is 9.59 Å². The van der Waals surface area contributed by atoms with E-state index in [2.05, 4.69) is 16.0 Å². The summed E-state index contributed by atoms with van der Waals surface area (Å²) < 4.78 is 5.73. The molecule has 0 aromatic heterocycles. The number of urea groups is 1. The first kappa shape index (κ1) is 19.5. The van der Waals surface area contributed by atoms with Crippen molar-refractivity contribution in [2.45, 2.75) is 26.7 Å². The van der Waals surface area contributed by atoms with Crippen molar-refractivity contribution in [1.29, 1.82) is 0 Å². The van der Waals surface area contributed by atoms with Crippen molar-refractivity contribution in [2.24, 2.45) is 0 Å². The molecule has 0 unspecified atom stereocenters. The SMILES string of the molecule is CCNC(=O)CNC(=O)NCc1cccc(COCc2ccccc2)c1. The maximum Gasteiger partial charge on any atom is 0.315 e. The Kier molecular flexibility index (Phi) is 8.15. The zero-order valence-electron chi connectivity index (χ0n) is 15.0. The van der Waals surface area contributed by atoms with Crippen LogP contribution in [0, 0.1) is 0 Å². The first-order valence-corrected chi connectivity index (χ1v) is 8.65. The molecule has 0 bridgehead atoms. The standard InChI is InChI=1S/C20H25N3O3/c1-2-21-19(24)13-23-20(25)22-12-17-9-6-10-18(11-17)15-26-14-16-7-4-3-5-8-16/h3-11H,2,12-15H2,1H3,(H,21,24)(H2,22,23,25). The molecule has 0 aliphatic heterocycles. The third-order valence-corrected chi connectivity index (χ3v) is 3.61. The lowest BCUT2D eigenvalue weighted by Gasteiger charge is -2.09. The average Bonchev–Trinajstić information content (AvgIpc) is 2.66. The monoisotopic (exact) mass is 355 g/mol. The fourth-order valence-corrected chi connectivity index (χ4v) is 2.36. The van der Waals surface area contributed by atoms with E-state index in [1.807, 2.05) is 61.5 Å². The van der Waals surface area contributed by atoms with E-state index < -0.39 is 0 Å². The Morgan fingerprint density at radius 3 is 2.31 bits per heavy atom. The molecule has 138 valence electrons. The molecule has 0 heterocycles. The van der Waals surface area contributed by atoms with Crippen LogP contribution < -0.4 is 16.0 Å². The zero-order chi connectivity index (χ0) is 18.6. The largest absolute Gasteiger partial charge is 0.372 e. The van der Waals surface area contributed by atoms with Crippen molar-refractivity contribution >= 4 is 11.9 Å². The minimum Gasteiger partial charge on any atom is -0.372 e. The summed E-state index contributed by atoms with van der Waals surface area (Å²) in [7, 11) is 0. The van der Waals surface area contributed by atoms with Crippen LogP contribution >= 0.6 is 0 Å². The first-order chi connectivity index (χ1) is 12.7. The lowest BCUT2D eigenvalue weighted by Crippen LogP contribution is -2.41. The predicted octanol–water partition coefficient (Wildman–Crippen LogP) is 2.34. The van der Waals surface area contributed by atoms with E-state index in [0.29, 0.717) is 26.3 Å². The second kappa shape index (κ2) is 10.9. The third kappa shape index (κ3) is 7.36. The van der Waals surface area contributed by atoms with Gasteiger partial charge in [0.2, 0.25) is 5.91 Å². The summed E-state index contributed by atoms with van der Waals surface area (Å²) in [6.07, 6.45) is 0. The lowest BCUT2D eigenvalue weighted by molar-refractivity contribution is -0.119. The Hall–Kier alpha value is -2.86. The molecule has 2 aromatic rings. The van der Waals surface area contributed by atoms with Gasteiger partial charge in [-0.2, -0.15) is 0 Å². The van der Waals surface area contributed by atoms with Gasteiger partial charge in [0.15, 0.2) is 0 Å². The maximum absolute atomic E-state index is 11.7. The van der Waals surface area contributed by atoms with Gasteiger partial charge in [0, 0.05) is 13.1 Å². The van der Waals surface area contributed by atoms with Gasteiger partial charge in [0.05, 0.1) is 19.8 Å². The number of amides is 3. The molecule has 0 saturated carbocycles. The summed E-state index contributed by atoms with van der Waals surface area (Å²) in [5.74, 6) is -0.208. The molecule has 3 N–H and O–H groups in total. The highest BCUT2D eigenvalue weighted by Gasteiger charge is 2.04. The number of nitrogens with one attached hydrogen (secondary N) is 3. The molecule has 0 atom stereocenters. The number of ether oxygens (including phenoxy) is 1. The van der Waals surface area contributed by atoms with Crippen LogP contribution in [0.5, 0.6) is 0 Å². The molecule has 6 nitrogen and oxygen atoms in total. The van der Waals surface area contributed by atoms with Crippen molar-refractivity contribution in [3.05, 3.63) is 71.3 Å². The quantitative estimate of drug-likeness (QED) is 0.646. The van der Waals surface area contributed by atoms with Crippen LogP contribution in [0.3, 0.4) is 0 Å². The van der Waals surface area contributed by atoms with Crippen LogP contribution in [-0.4, -0.2) is 25.0 Å². The van der Waals surface area contributed by atoms with Gasteiger partial charge in [-0.15, -0.1) is 0 Å². The molecule has 6 heteroatoms. The number of hydrogen-bond acceptors (Lipinski definition) is 3. The van der Waals surface area contributed by atoms with Crippen molar-refractivity contribution in [3.8, 4) is 0 Å². The Bertz CT molecular complexity index is 704. The highest BCUT2D eigenvalue weighted by atomic mass is 16.5. The molecule has 0 aliphatic carbocycles. The minimum absolute atomic E-state index is 0.0347. The molecule has 0 radical (unpaired) electrons. The highest BCUT2D eigenvalue weighted by Crippen LogP contribution is 2.09. The molecule has 0 aliphatic rings. The van der Waals surface area contributed by atoms with E-state index in [-0.39, 0.29) is 18.5 Å². The topological polar surface area (TPSA) is 79.5 Å². The summed E-state index contributed by atoms with van der Waals surface area (Å²) in [5.41, 5.74) is 3.15. The molecule has 2 rings (SSSR count). The number of carbonyl (C=O) groups excluding carboxylic acids is 2. The number of hydrogen-bond donors (Lipinski definition) is 3. The summed E-state index contributed by atoms with van der Waals surface area (Å²) in [5, 5.41) is 7.87. The van der Waals surface area contributed by atoms with Gasteiger partial charge in [0.25, 0.3) is 0 Å². The normalized spacial score (nSPS) is 10.2. The van der Waals surface area contributed by atoms with E-state index in [1.165, 1.54) is 0 Å². The van der Waals surface area contributed by atoms with E-state index >= 15 is 0 Å². The lowest BCUT2D eigenvalue weighted by atomic mass is 10.1. The maximum atomic E-state index is 11.7. The highest BCUT2D eigenvalue weighted by molar-refractivity contribution is 5.83. The summed E-state index contributed by atoms with van der Waals surface area (Å²) in [6, 6.07) is 17.5. The van der Waals surface area contributed by atoms with E-state index in [0.717, 1.165) is 16.7 Å². The van der Waals surface area contributed by atoms with Gasteiger partial charge < -0.3 is 20.7 Å².